The minimum absolute atomic E-state index is 0.0186. The highest BCUT2D eigenvalue weighted by molar-refractivity contribution is 6.31. The third kappa shape index (κ3) is 4.40. The quantitative estimate of drug-likeness (QED) is 0.442. The standard InChI is InChI=1S/C25H17ClFNO5/c1-13(33-22(29)12-19-20(26)7-4-8-21(19)27)25(32)28-14-9-10-17-18(11-14)24(31)16-6-3-2-5-15(16)23(17)30/h2-11,13H,12H2,1H3,(H,28,32). The molecule has 0 saturated carbocycles. The summed E-state index contributed by atoms with van der Waals surface area (Å²) in [6, 6.07) is 14.9. The summed E-state index contributed by atoms with van der Waals surface area (Å²) in [4.78, 5) is 50.2. The lowest BCUT2D eigenvalue weighted by molar-refractivity contribution is -0.152. The highest BCUT2D eigenvalue weighted by Gasteiger charge is 2.30. The Morgan fingerprint density at radius 3 is 2.24 bits per heavy atom. The van der Waals surface area contributed by atoms with Gasteiger partial charge in [-0.2, -0.15) is 0 Å². The van der Waals surface area contributed by atoms with Crippen LogP contribution >= 0.6 is 11.6 Å². The number of carbonyl (C=O) groups excluding carboxylic acids is 4. The molecule has 0 heterocycles. The molecule has 1 N–H and O–H groups in total. The number of carbonyl (C=O) groups is 4. The van der Waals surface area contributed by atoms with E-state index in [2.05, 4.69) is 5.32 Å². The zero-order chi connectivity index (χ0) is 23.7. The van der Waals surface area contributed by atoms with Gasteiger partial charge in [0.05, 0.1) is 6.42 Å². The Hall–Kier alpha value is -3.84. The molecule has 6 nitrogen and oxygen atoms in total. The molecule has 3 aromatic carbocycles. The molecule has 8 heteroatoms. The number of anilines is 1. The summed E-state index contributed by atoms with van der Waals surface area (Å²) in [5.41, 5.74) is 1.30. The van der Waals surface area contributed by atoms with E-state index < -0.39 is 30.2 Å². The lowest BCUT2D eigenvalue weighted by Gasteiger charge is -2.19. The van der Waals surface area contributed by atoms with E-state index in [0.717, 1.165) is 0 Å². The number of halogens is 2. The van der Waals surface area contributed by atoms with Crippen LogP contribution in [0.15, 0.2) is 60.7 Å². The van der Waals surface area contributed by atoms with Gasteiger partial charge in [-0.25, -0.2) is 4.39 Å². The first-order valence-electron chi connectivity index (χ1n) is 10.0. The van der Waals surface area contributed by atoms with E-state index in [0.29, 0.717) is 11.1 Å². The maximum atomic E-state index is 13.9. The second kappa shape index (κ2) is 8.96. The number of rotatable bonds is 5. The number of esters is 1. The predicted molar refractivity (Wildman–Crippen MR) is 119 cm³/mol. The van der Waals surface area contributed by atoms with E-state index in [9.17, 15) is 23.6 Å². The van der Waals surface area contributed by atoms with E-state index in [1.807, 2.05) is 0 Å². The third-order valence-electron chi connectivity index (χ3n) is 5.25. The number of benzene rings is 3. The average Bonchev–Trinajstić information content (AvgIpc) is 2.80. The predicted octanol–water partition coefficient (Wildman–Crippen LogP) is 4.37. The molecule has 0 fully saturated rings. The minimum Gasteiger partial charge on any atom is -0.452 e. The van der Waals surface area contributed by atoms with Crippen LogP contribution in [0.25, 0.3) is 0 Å². The molecule has 0 radical (unpaired) electrons. The number of amides is 1. The monoisotopic (exact) mass is 465 g/mol. The van der Waals surface area contributed by atoms with Crippen molar-refractivity contribution < 1.29 is 28.3 Å². The number of ether oxygens (including phenoxy) is 1. The lowest BCUT2D eigenvalue weighted by atomic mass is 9.84. The van der Waals surface area contributed by atoms with Crippen molar-refractivity contribution in [1.82, 2.24) is 0 Å². The van der Waals surface area contributed by atoms with Crippen LogP contribution in [0.2, 0.25) is 5.02 Å². The fourth-order valence-electron chi connectivity index (χ4n) is 3.56. The topological polar surface area (TPSA) is 89.5 Å². The van der Waals surface area contributed by atoms with Crippen molar-refractivity contribution in [3.8, 4) is 0 Å². The first-order chi connectivity index (χ1) is 15.8. The van der Waals surface area contributed by atoms with Crippen molar-refractivity contribution in [2.75, 3.05) is 5.32 Å². The van der Waals surface area contributed by atoms with E-state index in [4.69, 9.17) is 16.3 Å². The molecule has 1 unspecified atom stereocenters. The second-order valence-corrected chi connectivity index (χ2v) is 7.87. The molecule has 1 aliphatic rings. The van der Waals surface area contributed by atoms with Crippen molar-refractivity contribution in [2.24, 2.45) is 0 Å². The van der Waals surface area contributed by atoms with Crippen molar-refractivity contribution in [1.29, 1.82) is 0 Å². The van der Waals surface area contributed by atoms with Gasteiger partial charge in [-0.15, -0.1) is 0 Å². The van der Waals surface area contributed by atoms with Gasteiger partial charge in [0.2, 0.25) is 0 Å². The molecule has 3 aromatic rings. The highest BCUT2D eigenvalue weighted by Crippen LogP contribution is 2.29. The summed E-state index contributed by atoms with van der Waals surface area (Å²) in [6.45, 7) is 1.36. The lowest BCUT2D eigenvalue weighted by Crippen LogP contribution is -2.31. The second-order valence-electron chi connectivity index (χ2n) is 7.46. The van der Waals surface area contributed by atoms with Crippen LogP contribution in [0, 0.1) is 5.82 Å². The van der Waals surface area contributed by atoms with Crippen LogP contribution in [-0.2, 0) is 20.7 Å². The number of nitrogens with one attached hydrogen (secondary N) is 1. The van der Waals surface area contributed by atoms with Gasteiger partial charge in [0.25, 0.3) is 5.91 Å². The zero-order valence-electron chi connectivity index (χ0n) is 17.4. The zero-order valence-corrected chi connectivity index (χ0v) is 18.1. The van der Waals surface area contributed by atoms with Crippen LogP contribution < -0.4 is 5.32 Å². The van der Waals surface area contributed by atoms with Gasteiger partial charge in [-0.05, 0) is 37.3 Å². The maximum Gasteiger partial charge on any atom is 0.311 e. The molecule has 0 spiro atoms. The minimum atomic E-state index is -1.20. The van der Waals surface area contributed by atoms with Gasteiger partial charge in [0.15, 0.2) is 17.7 Å². The Morgan fingerprint density at radius 2 is 1.58 bits per heavy atom. The Balaban J connectivity index is 1.45. The van der Waals surface area contributed by atoms with Gasteiger partial charge >= 0.3 is 5.97 Å². The molecule has 33 heavy (non-hydrogen) atoms. The van der Waals surface area contributed by atoms with Gasteiger partial charge in [0, 0.05) is 38.5 Å². The van der Waals surface area contributed by atoms with Gasteiger partial charge in [-0.3, -0.25) is 19.2 Å². The van der Waals surface area contributed by atoms with Gasteiger partial charge in [-0.1, -0.05) is 41.9 Å². The van der Waals surface area contributed by atoms with E-state index >= 15 is 0 Å². The molecule has 0 saturated heterocycles. The van der Waals surface area contributed by atoms with Gasteiger partial charge < -0.3 is 10.1 Å². The van der Waals surface area contributed by atoms with E-state index in [-0.39, 0.29) is 39.0 Å². The molecule has 4 rings (SSSR count). The largest absolute Gasteiger partial charge is 0.452 e. The molecule has 1 amide bonds. The Labute approximate surface area is 193 Å². The average molecular weight is 466 g/mol. The van der Waals surface area contributed by atoms with Gasteiger partial charge in [0.1, 0.15) is 5.82 Å². The van der Waals surface area contributed by atoms with Crippen LogP contribution in [0.3, 0.4) is 0 Å². The fourth-order valence-corrected chi connectivity index (χ4v) is 3.79. The highest BCUT2D eigenvalue weighted by atomic mass is 35.5. The van der Waals surface area contributed by atoms with Crippen molar-refractivity contribution in [3.05, 3.63) is 99.3 Å². The first kappa shape index (κ1) is 22.4. The molecule has 1 atom stereocenters. The normalized spacial score (nSPS) is 13.1. The Kier molecular flexibility index (Phi) is 6.07. The van der Waals surface area contributed by atoms with Crippen LogP contribution in [-0.4, -0.2) is 29.5 Å². The SMILES string of the molecule is CC(OC(=O)Cc1c(F)cccc1Cl)C(=O)Nc1ccc2c(c1)C(=O)c1ccccc1C2=O. The number of hydrogen-bond donors (Lipinski definition) is 1. The molecular formula is C25H17ClFNO5. The third-order valence-corrected chi connectivity index (χ3v) is 5.61. The molecule has 0 bridgehead atoms. The molecule has 0 aliphatic heterocycles. The summed E-state index contributed by atoms with van der Waals surface area (Å²) in [6.07, 6.45) is -1.63. The fraction of sp³-hybridized carbons (Fsp3) is 0.120. The van der Waals surface area contributed by atoms with Crippen LogP contribution in [0.1, 0.15) is 44.3 Å². The smallest absolute Gasteiger partial charge is 0.311 e. The molecule has 166 valence electrons. The molecule has 1 aliphatic carbocycles. The Morgan fingerprint density at radius 1 is 0.939 bits per heavy atom. The number of ketones is 2. The van der Waals surface area contributed by atoms with Crippen LogP contribution in [0.5, 0.6) is 0 Å². The summed E-state index contributed by atoms with van der Waals surface area (Å²) >= 11 is 5.91. The van der Waals surface area contributed by atoms with Crippen molar-refractivity contribution in [3.63, 3.8) is 0 Å². The molecule has 0 aromatic heterocycles. The van der Waals surface area contributed by atoms with Crippen LogP contribution in [0.4, 0.5) is 10.1 Å². The van der Waals surface area contributed by atoms with E-state index in [1.165, 1.54) is 43.3 Å². The summed E-state index contributed by atoms with van der Waals surface area (Å²) in [5, 5.41) is 2.65. The van der Waals surface area contributed by atoms with Crippen molar-refractivity contribution in [2.45, 2.75) is 19.4 Å². The summed E-state index contributed by atoms with van der Waals surface area (Å²) < 4.78 is 19.0. The van der Waals surface area contributed by atoms with E-state index in [1.54, 1.807) is 24.3 Å². The number of hydrogen-bond acceptors (Lipinski definition) is 5. The van der Waals surface area contributed by atoms with Crippen molar-refractivity contribution >= 4 is 40.7 Å². The summed E-state index contributed by atoms with van der Waals surface area (Å²) in [5.74, 6) is -2.72. The Bertz CT molecular complexity index is 1300. The molecular weight excluding hydrogens is 449 g/mol. The maximum absolute atomic E-state index is 13.9. The first-order valence-corrected chi connectivity index (χ1v) is 10.4. The number of fused-ring (bicyclic) bond motifs is 2. The summed E-state index contributed by atoms with van der Waals surface area (Å²) in [7, 11) is 0.